The number of benzene rings is 1. The van der Waals surface area contributed by atoms with Gasteiger partial charge in [0, 0.05) is 19.0 Å². The standard InChI is InChI=1S/C25H31N3O4/c1-5-31-23(29)21-15-26-28(22(21)17-11-12-17)20-10-6-8-18(14-20)19-9-7-13-27(16-19)24(30)32-25(2,3)4/h6,8-10,14-15,17H,5,7,11-13,16H2,1-4H3. The monoisotopic (exact) mass is 437 g/mol. The predicted molar refractivity (Wildman–Crippen MR) is 122 cm³/mol. The van der Waals surface area contributed by atoms with Crippen molar-refractivity contribution in [3.8, 4) is 5.69 Å². The Labute approximate surface area is 189 Å². The van der Waals surface area contributed by atoms with Gasteiger partial charge >= 0.3 is 12.1 Å². The van der Waals surface area contributed by atoms with E-state index >= 15 is 0 Å². The summed E-state index contributed by atoms with van der Waals surface area (Å²) in [5, 5.41) is 4.53. The summed E-state index contributed by atoms with van der Waals surface area (Å²) in [5.41, 5.74) is 3.96. The van der Waals surface area contributed by atoms with Crippen molar-refractivity contribution in [1.82, 2.24) is 14.7 Å². The highest BCUT2D eigenvalue weighted by Crippen LogP contribution is 2.42. The van der Waals surface area contributed by atoms with E-state index in [1.165, 1.54) is 0 Å². The minimum absolute atomic E-state index is 0.290. The van der Waals surface area contributed by atoms with Gasteiger partial charge in [-0.3, -0.25) is 0 Å². The summed E-state index contributed by atoms with van der Waals surface area (Å²) in [6, 6.07) is 8.09. The molecule has 0 saturated heterocycles. The predicted octanol–water partition coefficient (Wildman–Crippen LogP) is 4.95. The number of ether oxygens (including phenoxy) is 2. The van der Waals surface area contributed by atoms with E-state index in [1.54, 1.807) is 18.0 Å². The van der Waals surface area contributed by atoms with Crippen LogP contribution in [0.25, 0.3) is 11.3 Å². The number of nitrogens with zero attached hydrogens (tertiary/aromatic N) is 3. The molecule has 0 atom stereocenters. The van der Waals surface area contributed by atoms with Crippen LogP contribution in [0, 0.1) is 0 Å². The summed E-state index contributed by atoms with van der Waals surface area (Å²) in [6.45, 7) is 8.92. The number of hydrogen-bond acceptors (Lipinski definition) is 5. The van der Waals surface area contributed by atoms with Gasteiger partial charge in [0.2, 0.25) is 0 Å². The van der Waals surface area contributed by atoms with Gasteiger partial charge in [0.1, 0.15) is 11.2 Å². The van der Waals surface area contributed by atoms with Gasteiger partial charge in [-0.2, -0.15) is 5.10 Å². The van der Waals surface area contributed by atoms with Crippen LogP contribution in [0.15, 0.2) is 36.5 Å². The average molecular weight is 438 g/mol. The maximum Gasteiger partial charge on any atom is 0.410 e. The van der Waals surface area contributed by atoms with Gasteiger partial charge in [-0.1, -0.05) is 18.2 Å². The maximum absolute atomic E-state index is 12.5. The summed E-state index contributed by atoms with van der Waals surface area (Å²) in [7, 11) is 0. The zero-order chi connectivity index (χ0) is 22.9. The first-order chi connectivity index (χ1) is 15.3. The number of esters is 1. The van der Waals surface area contributed by atoms with Gasteiger partial charge < -0.3 is 14.4 Å². The van der Waals surface area contributed by atoms with E-state index < -0.39 is 5.60 Å². The van der Waals surface area contributed by atoms with Crippen LogP contribution in [0.3, 0.4) is 0 Å². The molecule has 0 unspecified atom stereocenters. The minimum atomic E-state index is -0.520. The lowest BCUT2D eigenvalue weighted by Gasteiger charge is -2.30. The van der Waals surface area contributed by atoms with Gasteiger partial charge in [-0.25, -0.2) is 14.3 Å². The lowest BCUT2D eigenvalue weighted by atomic mass is 10.0. The van der Waals surface area contributed by atoms with Crippen LogP contribution in [0.2, 0.25) is 0 Å². The van der Waals surface area contributed by atoms with Crippen molar-refractivity contribution in [2.75, 3.05) is 19.7 Å². The highest BCUT2D eigenvalue weighted by Gasteiger charge is 2.33. The van der Waals surface area contributed by atoms with E-state index in [9.17, 15) is 9.59 Å². The topological polar surface area (TPSA) is 73.7 Å². The number of rotatable bonds is 5. The van der Waals surface area contributed by atoms with Crippen molar-refractivity contribution in [1.29, 1.82) is 0 Å². The minimum Gasteiger partial charge on any atom is -0.462 e. The lowest BCUT2D eigenvalue weighted by Crippen LogP contribution is -2.39. The maximum atomic E-state index is 12.5. The van der Waals surface area contributed by atoms with Crippen LogP contribution in [0.4, 0.5) is 4.79 Å². The quantitative estimate of drug-likeness (QED) is 0.619. The number of hydrogen-bond donors (Lipinski definition) is 0. The van der Waals surface area contributed by atoms with E-state index in [0.717, 1.165) is 41.8 Å². The van der Waals surface area contributed by atoms with Gasteiger partial charge in [0.25, 0.3) is 0 Å². The Morgan fingerprint density at radius 3 is 2.69 bits per heavy atom. The summed E-state index contributed by atoms with van der Waals surface area (Å²) in [4.78, 5) is 26.7. The zero-order valence-corrected chi connectivity index (χ0v) is 19.3. The summed E-state index contributed by atoms with van der Waals surface area (Å²) in [5.74, 6) is 0.0110. The Morgan fingerprint density at radius 1 is 1.22 bits per heavy atom. The molecule has 1 aromatic carbocycles. The molecule has 7 heteroatoms. The van der Waals surface area contributed by atoms with Crippen molar-refractivity contribution in [2.45, 2.75) is 58.5 Å². The van der Waals surface area contributed by atoms with Gasteiger partial charge in [-0.05, 0) is 70.2 Å². The molecule has 0 spiro atoms. The third-order valence-electron chi connectivity index (χ3n) is 5.53. The Kier molecular flexibility index (Phi) is 6.09. The number of carbonyl (C=O) groups is 2. The van der Waals surface area contributed by atoms with Crippen molar-refractivity contribution in [3.63, 3.8) is 0 Å². The summed E-state index contributed by atoms with van der Waals surface area (Å²) in [6.07, 6.45) is 6.38. The molecule has 1 aliphatic carbocycles. The Hall–Kier alpha value is -3.09. The summed E-state index contributed by atoms with van der Waals surface area (Å²) < 4.78 is 12.6. The number of amides is 1. The van der Waals surface area contributed by atoms with Crippen molar-refractivity contribution in [2.24, 2.45) is 0 Å². The highest BCUT2D eigenvalue weighted by atomic mass is 16.6. The zero-order valence-electron chi connectivity index (χ0n) is 19.3. The molecule has 2 heterocycles. The third kappa shape index (κ3) is 4.87. The molecule has 1 fully saturated rings. The second-order valence-corrected chi connectivity index (χ2v) is 9.32. The molecule has 0 radical (unpaired) electrons. The molecule has 1 amide bonds. The third-order valence-corrected chi connectivity index (χ3v) is 5.53. The van der Waals surface area contributed by atoms with E-state index in [1.807, 2.05) is 43.7 Å². The van der Waals surface area contributed by atoms with Gasteiger partial charge in [-0.15, -0.1) is 0 Å². The fourth-order valence-corrected chi connectivity index (χ4v) is 3.95. The molecule has 1 saturated carbocycles. The Morgan fingerprint density at radius 2 is 2.00 bits per heavy atom. The molecular weight excluding hydrogens is 406 g/mol. The molecule has 2 aromatic rings. The van der Waals surface area contributed by atoms with E-state index in [-0.39, 0.29) is 12.1 Å². The molecule has 32 heavy (non-hydrogen) atoms. The van der Waals surface area contributed by atoms with Crippen molar-refractivity contribution in [3.05, 3.63) is 53.4 Å². The van der Waals surface area contributed by atoms with Crippen molar-refractivity contribution >= 4 is 17.6 Å². The highest BCUT2D eigenvalue weighted by molar-refractivity contribution is 5.91. The molecule has 4 rings (SSSR count). The molecule has 0 bridgehead atoms. The normalized spacial score (nSPS) is 16.5. The first kappa shape index (κ1) is 22.1. The van der Waals surface area contributed by atoms with Crippen LogP contribution in [0.1, 0.15) is 74.5 Å². The van der Waals surface area contributed by atoms with Crippen LogP contribution < -0.4 is 0 Å². The Bertz CT molecular complexity index is 1040. The summed E-state index contributed by atoms with van der Waals surface area (Å²) >= 11 is 0. The van der Waals surface area contributed by atoms with Crippen molar-refractivity contribution < 1.29 is 19.1 Å². The van der Waals surface area contributed by atoms with E-state index in [0.29, 0.717) is 31.2 Å². The molecule has 170 valence electrons. The fourth-order valence-electron chi connectivity index (χ4n) is 3.95. The first-order valence-corrected chi connectivity index (χ1v) is 11.3. The van der Waals surface area contributed by atoms with Crippen LogP contribution in [-0.4, -0.2) is 52.0 Å². The second kappa shape index (κ2) is 8.81. The van der Waals surface area contributed by atoms with Gasteiger partial charge in [0.15, 0.2) is 0 Å². The molecule has 7 nitrogen and oxygen atoms in total. The van der Waals surface area contributed by atoms with E-state index in [4.69, 9.17) is 9.47 Å². The smallest absolute Gasteiger partial charge is 0.410 e. The average Bonchev–Trinajstić information content (AvgIpc) is 3.50. The van der Waals surface area contributed by atoms with Crippen LogP contribution in [0.5, 0.6) is 0 Å². The van der Waals surface area contributed by atoms with Gasteiger partial charge in [0.05, 0.1) is 24.2 Å². The molecule has 0 N–H and O–H groups in total. The number of carbonyl (C=O) groups excluding carboxylic acids is 2. The number of aromatic nitrogens is 2. The first-order valence-electron chi connectivity index (χ1n) is 11.3. The molecule has 2 aliphatic rings. The molecule has 1 aromatic heterocycles. The SMILES string of the molecule is CCOC(=O)c1cnn(-c2cccc(C3=CCCN(C(=O)OC(C)(C)C)C3)c2)c1C1CC1. The fraction of sp³-hybridized carbons (Fsp3) is 0.480. The molecule has 1 aliphatic heterocycles. The van der Waals surface area contributed by atoms with Crippen LogP contribution >= 0.6 is 0 Å². The lowest BCUT2D eigenvalue weighted by molar-refractivity contribution is 0.0272. The second-order valence-electron chi connectivity index (χ2n) is 9.32. The van der Waals surface area contributed by atoms with E-state index in [2.05, 4.69) is 17.2 Å². The van der Waals surface area contributed by atoms with Crippen LogP contribution in [-0.2, 0) is 9.47 Å². The molecular formula is C25H31N3O4. The Balaban J connectivity index is 1.59. The largest absolute Gasteiger partial charge is 0.462 e.